The van der Waals surface area contributed by atoms with Gasteiger partial charge >= 0.3 is 0 Å². The van der Waals surface area contributed by atoms with Gasteiger partial charge in [0.05, 0.1) is 45.6 Å². The maximum absolute atomic E-state index is 12.7. The van der Waals surface area contributed by atoms with Crippen molar-refractivity contribution >= 4 is 33.4 Å². The van der Waals surface area contributed by atoms with Crippen LogP contribution in [0.4, 0.5) is 11.4 Å². The Kier molecular flexibility index (Phi) is 3.73. The molecule has 9 heteroatoms. The Labute approximate surface area is 153 Å². The Balaban J connectivity index is 1.69. The maximum atomic E-state index is 12.7. The number of aromatic nitrogens is 5. The fourth-order valence-corrected chi connectivity index (χ4v) is 3.89. The van der Waals surface area contributed by atoms with Gasteiger partial charge in [0.15, 0.2) is 0 Å². The van der Waals surface area contributed by atoms with Crippen molar-refractivity contribution in [3.63, 3.8) is 0 Å². The van der Waals surface area contributed by atoms with E-state index in [0.717, 1.165) is 21.0 Å². The average Bonchev–Trinajstić information content (AvgIpc) is 3.24. The smallest absolute Gasteiger partial charge is 0.260 e. The Morgan fingerprint density at radius 1 is 1.23 bits per heavy atom. The second kappa shape index (κ2) is 5.95. The monoisotopic (exact) mass is 367 g/mol. The Bertz CT molecular complexity index is 1140. The molecule has 0 saturated carbocycles. The summed E-state index contributed by atoms with van der Waals surface area (Å²) in [6, 6.07) is 1.69. The molecule has 4 rings (SSSR count). The van der Waals surface area contributed by atoms with E-state index < -0.39 is 0 Å². The van der Waals surface area contributed by atoms with Crippen molar-refractivity contribution < 1.29 is 4.79 Å². The van der Waals surface area contributed by atoms with Crippen LogP contribution in [-0.4, -0.2) is 30.3 Å². The molecule has 0 spiro atoms. The molecule has 0 saturated heterocycles. The number of anilines is 2. The van der Waals surface area contributed by atoms with E-state index in [0.29, 0.717) is 22.6 Å². The minimum absolute atomic E-state index is 0.244. The molecule has 4 heterocycles. The molecule has 0 aliphatic carbocycles. The van der Waals surface area contributed by atoms with Crippen LogP contribution >= 0.6 is 11.3 Å². The van der Waals surface area contributed by atoms with E-state index in [2.05, 4.69) is 20.5 Å². The lowest BCUT2D eigenvalue weighted by Gasteiger charge is -2.07. The van der Waals surface area contributed by atoms with Gasteiger partial charge in [0.25, 0.3) is 5.91 Å². The number of thiazole rings is 1. The highest BCUT2D eigenvalue weighted by molar-refractivity contribution is 7.21. The number of hydrogen-bond donors (Lipinski definition) is 2. The first-order chi connectivity index (χ1) is 12.4. The zero-order valence-corrected chi connectivity index (χ0v) is 15.3. The summed E-state index contributed by atoms with van der Waals surface area (Å²) in [5.74, 6) is -0.244. The molecule has 0 bridgehead atoms. The maximum Gasteiger partial charge on any atom is 0.260 e. The van der Waals surface area contributed by atoms with E-state index in [1.165, 1.54) is 11.3 Å². The number of nitrogens with two attached hydrogens (primary N) is 1. The number of rotatable bonds is 3. The molecule has 3 N–H and O–H groups in total. The van der Waals surface area contributed by atoms with E-state index in [9.17, 15) is 4.79 Å². The SMILES string of the molecule is Cc1ncc(N)cc1NC(=O)c1cnn2cc(-c3cn(C)nc3C)sc12. The molecule has 0 atom stereocenters. The van der Waals surface area contributed by atoms with Gasteiger partial charge < -0.3 is 11.1 Å². The molecule has 0 fully saturated rings. The third-order valence-electron chi connectivity index (χ3n) is 4.08. The van der Waals surface area contributed by atoms with E-state index >= 15 is 0 Å². The van der Waals surface area contributed by atoms with Gasteiger partial charge in [-0.05, 0) is 19.9 Å². The molecule has 0 unspecified atom stereocenters. The predicted molar refractivity (Wildman–Crippen MR) is 101 cm³/mol. The van der Waals surface area contributed by atoms with E-state index in [4.69, 9.17) is 5.73 Å². The van der Waals surface area contributed by atoms with Gasteiger partial charge in [-0.1, -0.05) is 0 Å². The van der Waals surface area contributed by atoms with Crippen LogP contribution in [0.5, 0.6) is 0 Å². The lowest BCUT2D eigenvalue weighted by molar-refractivity contribution is 0.102. The number of fused-ring (bicyclic) bond motifs is 1. The first kappa shape index (κ1) is 16.3. The number of carbonyl (C=O) groups is 1. The summed E-state index contributed by atoms with van der Waals surface area (Å²) in [6.07, 6.45) is 7.00. The number of aryl methyl sites for hydroxylation is 3. The van der Waals surface area contributed by atoms with Crippen molar-refractivity contribution in [2.24, 2.45) is 7.05 Å². The molecule has 0 aliphatic rings. The number of carbonyl (C=O) groups excluding carboxylic acids is 1. The van der Waals surface area contributed by atoms with Gasteiger partial charge in [-0.2, -0.15) is 10.2 Å². The molecule has 132 valence electrons. The Morgan fingerprint density at radius 3 is 2.77 bits per heavy atom. The zero-order chi connectivity index (χ0) is 18.4. The van der Waals surface area contributed by atoms with Crippen molar-refractivity contribution in [2.75, 3.05) is 11.1 Å². The van der Waals surface area contributed by atoms with Crippen LogP contribution in [0.1, 0.15) is 21.7 Å². The number of nitrogen functional groups attached to an aromatic ring is 1. The number of hydrogen-bond acceptors (Lipinski definition) is 6. The molecule has 8 nitrogen and oxygen atoms in total. The number of nitrogens with one attached hydrogen (secondary N) is 1. The molecule has 4 aromatic heterocycles. The summed E-state index contributed by atoms with van der Waals surface area (Å²) in [5.41, 5.74) is 10.0. The molecule has 1 amide bonds. The average molecular weight is 367 g/mol. The van der Waals surface area contributed by atoms with Crippen LogP contribution < -0.4 is 11.1 Å². The highest BCUT2D eigenvalue weighted by Gasteiger charge is 2.18. The van der Waals surface area contributed by atoms with Crippen LogP contribution in [-0.2, 0) is 7.05 Å². The fourth-order valence-electron chi connectivity index (χ4n) is 2.77. The third kappa shape index (κ3) is 2.72. The first-order valence-corrected chi connectivity index (χ1v) is 8.75. The van der Waals surface area contributed by atoms with Crippen LogP contribution in [0.25, 0.3) is 15.3 Å². The zero-order valence-electron chi connectivity index (χ0n) is 14.5. The molecular weight excluding hydrogens is 350 g/mol. The standard InChI is InChI=1S/C17H17N7OS/c1-9-13(7-23(3)22-9)15-8-24-17(26-15)12(6-20-24)16(25)21-14-4-11(18)5-19-10(14)2/h4-8H,18H2,1-3H3,(H,21,25). The van der Waals surface area contributed by atoms with Gasteiger partial charge in [-0.15, -0.1) is 11.3 Å². The fraction of sp³-hybridized carbons (Fsp3) is 0.176. The van der Waals surface area contributed by atoms with Crippen molar-refractivity contribution in [3.05, 3.63) is 47.8 Å². The molecule has 4 aromatic rings. The molecule has 0 radical (unpaired) electrons. The van der Waals surface area contributed by atoms with E-state index in [1.54, 1.807) is 27.7 Å². The van der Waals surface area contributed by atoms with Crippen LogP contribution in [0.15, 0.2) is 30.9 Å². The number of nitrogens with zero attached hydrogens (tertiary/aromatic N) is 5. The predicted octanol–water partition coefficient (Wildman–Crippen LogP) is 2.64. The highest BCUT2D eigenvalue weighted by atomic mass is 32.1. The minimum Gasteiger partial charge on any atom is -0.397 e. The molecule has 26 heavy (non-hydrogen) atoms. The van der Waals surface area contributed by atoms with Crippen LogP contribution in [0, 0.1) is 13.8 Å². The van der Waals surface area contributed by atoms with Gasteiger partial charge in [-0.25, -0.2) is 4.52 Å². The molecule has 0 aromatic carbocycles. The van der Waals surface area contributed by atoms with Crippen molar-refractivity contribution in [2.45, 2.75) is 13.8 Å². The third-order valence-corrected chi connectivity index (χ3v) is 5.22. The lowest BCUT2D eigenvalue weighted by atomic mass is 10.2. The topological polar surface area (TPSA) is 103 Å². The first-order valence-electron chi connectivity index (χ1n) is 7.93. The summed E-state index contributed by atoms with van der Waals surface area (Å²) >= 11 is 1.50. The van der Waals surface area contributed by atoms with E-state index in [1.807, 2.05) is 33.3 Å². The molecule has 0 aliphatic heterocycles. The second-order valence-corrected chi connectivity index (χ2v) is 7.09. The second-order valence-electron chi connectivity index (χ2n) is 6.06. The van der Waals surface area contributed by atoms with Gasteiger partial charge in [0, 0.05) is 25.0 Å². The van der Waals surface area contributed by atoms with Crippen molar-refractivity contribution in [1.29, 1.82) is 0 Å². The van der Waals surface area contributed by atoms with Gasteiger partial charge in [-0.3, -0.25) is 14.5 Å². The summed E-state index contributed by atoms with van der Waals surface area (Å²) in [6.45, 7) is 3.78. The van der Waals surface area contributed by atoms with Crippen molar-refractivity contribution in [3.8, 4) is 10.4 Å². The van der Waals surface area contributed by atoms with E-state index in [-0.39, 0.29) is 5.91 Å². The number of amides is 1. The normalized spacial score (nSPS) is 11.2. The van der Waals surface area contributed by atoms with Crippen LogP contribution in [0.2, 0.25) is 0 Å². The Morgan fingerprint density at radius 2 is 2.04 bits per heavy atom. The van der Waals surface area contributed by atoms with Crippen molar-refractivity contribution in [1.82, 2.24) is 24.4 Å². The largest absolute Gasteiger partial charge is 0.397 e. The summed E-state index contributed by atoms with van der Waals surface area (Å²) in [5, 5.41) is 11.5. The lowest BCUT2D eigenvalue weighted by Crippen LogP contribution is -2.13. The minimum atomic E-state index is -0.244. The highest BCUT2D eigenvalue weighted by Crippen LogP contribution is 2.32. The van der Waals surface area contributed by atoms with Gasteiger partial charge in [0.2, 0.25) is 0 Å². The summed E-state index contributed by atoms with van der Waals surface area (Å²) < 4.78 is 3.49. The van der Waals surface area contributed by atoms with Gasteiger partial charge in [0.1, 0.15) is 4.83 Å². The number of pyridine rings is 1. The summed E-state index contributed by atoms with van der Waals surface area (Å²) in [4.78, 5) is 18.7. The van der Waals surface area contributed by atoms with Crippen LogP contribution in [0.3, 0.4) is 0 Å². The molecular formula is C17H17N7OS. The Hall–Kier alpha value is -3.20. The quantitative estimate of drug-likeness (QED) is 0.579. The summed E-state index contributed by atoms with van der Waals surface area (Å²) in [7, 11) is 1.88.